The van der Waals surface area contributed by atoms with Gasteiger partial charge in [0.15, 0.2) is 0 Å². The van der Waals surface area contributed by atoms with Crippen LogP contribution in [0.2, 0.25) is 0 Å². The maximum absolute atomic E-state index is 13.0. The highest BCUT2D eigenvalue weighted by Gasteiger charge is 2.29. The summed E-state index contributed by atoms with van der Waals surface area (Å²) in [5.74, 6) is -0.661. The summed E-state index contributed by atoms with van der Waals surface area (Å²) in [5, 5.41) is 4.59. The smallest absolute Gasteiger partial charge is 0.311 e. The molecule has 0 aliphatic rings. The highest BCUT2D eigenvalue weighted by atomic mass is 16.5. The Balaban J connectivity index is 1.83. The number of nitrogens with zero attached hydrogens (tertiary/aromatic N) is 3. The number of rotatable bonds is 8. The van der Waals surface area contributed by atoms with Gasteiger partial charge in [-0.3, -0.25) is 9.59 Å². The molecule has 3 rings (SSSR count). The standard InChI is InChI=1S/C25H29N3O3/c1-5-27(6-2)25(30)24(20-13-9-7-10-14-20)31-23(29)17-22-18(3)26-28(19(22)4)21-15-11-8-12-16-21/h7-16,24H,5-6,17H2,1-4H3/t24-/m0/s1. The van der Waals surface area contributed by atoms with Crippen molar-refractivity contribution >= 4 is 11.9 Å². The number of likely N-dealkylation sites (N-methyl/N-ethyl adjacent to an activating group) is 1. The van der Waals surface area contributed by atoms with E-state index in [2.05, 4.69) is 5.10 Å². The average Bonchev–Trinajstić information content (AvgIpc) is 3.07. The first-order valence-corrected chi connectivity index (χ1v) is 10.6. The summed E-state index contributed by atoms with van der Waals surface area (Å²) in [5.41, 5.74) is 4.07. The lowest BCUT2D eigenvalue weighted by Gasteiger charge is -2.25. The SMILES string of the molecule is CCN(CC)C(=O)[C@@H](OC(=O)Cc1c(C)nn(-c2ccccc2)c1C)c1ccccc1. The molecule has 6 nitrogen and oxygen atoms in total. The summed E-state index contributed by atoms with van der Waals surface area (Å²) in [6, 6.07) is 18.9. The first-order valence-electron chi connectivity index (χ1n) is 10.6. The van der Waals surface area contributed by atoms with Gasteiger partial charge in [-0.15, -0.1) is 0 Å². The van der Waals surface area contributed by atoms with Gasteiger partial charge in [0.2, 0.25) is 6.10 Å². The molecule has 31 heavy (non-hydrogen) atoms. The number of esters is 1. The molecule has 1 aromatic heterocycles. The van der Waals surface area contributed by atoms with Crippen LogP contribution in [0, 0.1) is 13.8 Å². The van der Waals surface area contributed by atoms with Gasteiger partial charge in [0.05, 0.1) is 17.8 Å². The van der Waals surface area contributed by atoms with Gasteiger partial charge < -0.3 is 9.64 Å². The van der Waals surface area contributed by atoms with E-state index in [1.54, 1.807) is 4.90 Å². The Kier molecular flexibility index (Phi) is 7.23. The van der Waals surface area contributed by atoms with Crippen LogP contribution >= 0.6 is 0 Å². The number of benzene rings is 2. The number of ether oxygens (including phenoxy) is 1. The van der Waals surface area contributed by atoms with Crippen LogP contribution in [-0.4, -0.2) is 39.6 Å². The predicted molar refractivity (Wildman–Crippen MR) is 120 cm³/mol. The van der Waals surface area contributed by atoms with Crippen molar-refractivity contribution in [2.24, 2.45) is 0 Å². The van der Waals surface area contributed by atoms with Gasteiger partial charge in [-0.05, 0) is 39.8 Å². The van der Waals surface area contributed by atoms with Crippen molar-refractivity contribution in [2.45, 2.75) is 40.2 Å². The van der Waals surface area contributed by atoms with E-state index in [4.69, 9.17) is 4.74 Å². The molecule has 0 radical (unpaired) electrons. The van der Waals surface area contributed by atoms with Crippen LogP contribution < -0.4 is 0 Å². The van der Waals surface area contributed by atoms with E-state index < -0.39 is 12.1 Å². The van der Waals surface area contributed by atoms with E-state index >= 15 is 0 Å². The third kappa shape index (κ3) is 5.02. The molecule has 0 saturated carbocycles. The average molecular weight is 420 g/mol. The van der Waals surface area contributed by atoms with Gasteiger partial charge in [-0.1, -0.05) is 48.5 Å². The quantitative estimate of drug-likeness (QED) is 0.514. The molecule has 1 amide bonds. The molecule has 162 valence electrons. The van der Waals surface area contributed by atoms with E-state index in [0.717, 1.165) is 22.6 Å². The molecule has 0 spiro atoms. The summed E-state index contributed by atoms with van der Waals surface area (Å²) in [4.78, 5) is 27.6. The zero-order chi connectivity index (χ0) is 22.4. The predicted octanol–water partition coefficient (Wildman–Crippen LogP) is 4.18. The van der Waals surface area contributed by atoms with Crippen LogP contribution in [0.3, 0.4) is 0 Å². The Hall–Kier alpha value is -3.41. The summed E-state index contributed by atoms with van der Waals surface area (Å²) in [7, 11) is 0. The van der Waals surface area contributed by atoms with Gasteiger partial charge in [0, 0.05) is 29.9 Å². The topological polar surface area (TPSA) is 64.4 Å². The van der Waals surface area contributed by atoms with Gasteiger partial charge in [-0.2, -0.15) is 5.10 Å². The largest absolute Gasteiger partial charge is 0.447 e. The van der Waals surface area contributed by atoms with Crippen molar-refractivity contribution in [1.82, 2.24) is 14.7 Å². The zero-order valence-electron chi connectivity index (χ0n) is 18.5. The van der Waals surface area contributed by atoms with Gasteiger partial charge in [0.25, 0.3) is 5.91 Å². The second-order valence-corrected chi connectivity index (χ2v) is 7.36. The fraction of sp³-hybridized carbons (Fsp3) is 0.320. The third-order valence-corrected chi connectivity index (χ3v) is 5.41. The highest BCUT2D eigenvalue weighted by molar-refractivity contribution is 5.85. The van der Waals surface area contributed by atoms with Crippen molar-refractivity contribution < 1.29 is 14.3 Å². The fourth-order valence-corrected chi connectivity index (χ4v) is 3.66. The van der Waals surface area contributed by atoms with Crippen molar-refractivity contribution in [1.29, 1.82) is 0 Å². The number of aryl methyl sites for hydroxylation is 1. The Morgan fingerprint density at radius 3 is 2.13 bits per heavy atom. The summed E-state index contributed by atoms with van der Waals surface area (Å²) >= 11 is 0. The molecule has 6 heteroatoms. The van der Waals surface area contributed by atoms with Crippen LogP contribution in [0.1, 0.15) is 42.5 Å². The minimum absolute atomic E-state index is 0.0549. The van der Waals surface area contributed by atoms with E-state index in [1.807, 2.05) is 93.0 Å². The monoisotopic (exact) mass is 419 g/mol. The van der Waals surface area contributed by atoms with Crippen LogP contribution in [-0.2, 0) is 20.7 Å². The lowest BCUT2D eigenvalue weighted by Crippen LogP contribution is -2.37. The zero-order valence-corrected chi connectivity index (χ0v) is 18.5. The van der Waals surface area contributed by atoms with E-state index in [-0.39, 0.29) is 12.3 Å². The number of para-hydroxylation sites is 1. The number of hydrogen-bond acceptors (Lipinski definition) is 4. The van der Waals surface area contributed by atoms with Crippen molar-refractivity contribution in [3.05, 3.63) is 83.2 Å². The van der Waals surface area contributed by atoms with E-state index in [9.17, 15) is 9.59 Å². The van der Waals surface area contributed by atoms with Crippen molar-refractivity contribution in [3.63, 3.8) is 0 Å². The maximum atomic E-state index is 13.0. The molecule has 3 aromatic rings. The minimum Gasteiger partial charge on any atom is -0.447 e. The summed E-state index contributed by atoms with van der Waals surface area (Å²) < 4.78 is 7.57. The lowest BCUT2D eigenvalue weighted by molar-refractivity contribution is -0.160. The highest BCUT2D eigenvalue weighted by Crippen LogP contribution is 2.23. The number of carbonyl (C=O) groups is 2. The summed E-state index contributed by atoms with van der Waals surface area (Å²) in [6.45, 7) is 8.75. The molecule has 0 bridgehead atoms. The van der Waals surface area contributed by atoms with E-state index in [1.165, 1.54) is 0 Å². The molecule has 0 unspecified atom stereocenters. The number of carbonyl (C=O) groups excluding carboxylic acids is 2. The van der Waals surface area contributed by atoms with Crippen LogP contribution in [0.15, 0.2) is 60.7 Å². The molecule has 1 atom stereocenters. The van der Waals surface area contributed by atoms with E-state index in [0.29, 0.717) is 18.7 Å². The van der Waals surface area contributed by atoms with Crippen molar-refractivity contribution in [2.75, 3.05) is 13.1 Å². The minimum atomic E-state index is -0.960. The molecule has 2 aromatic carbocycles. The molecular formula is C25H29N3O3. The fourth-order valence-electron chi connectivity index (χ4n) is 3.66. The molecule has 0 N–H and O–H groups in total. The maximum Gasteiger partial charge on any atom is 0.311 e. The van der Waals surface area contributed by atoms with Gasteiger partial charge in [-0.25, -0.2) is 4.68 Å². The molecule has 0 aliphatic carbocycles. The second kappa shape index (κ2) is 10.1. The third-order valence-electron chi connectivity index (χ3n) is 5.41. The summed E-state index contributed by atoms with van der Waals surface area (Å²) in [6.07, 6.45) is -0.905. The van der Waals surface area contributed by atoms with Crippen LogP contribution in [0.5, 0.6) is 0 Å². The molecular weight excluding hydrogens is 390 g/mol. The van der Waals surface area contributed by atoms with Crippen molar-refractivity contribution in [3.8, 4) is 5.69 Å². The lowest BCUT2D eigenvalue weighted by atomic mass is 10.1. The molecule has 0 saturated heterocycles. The number of hydrogen-bond donors (Lipinski definition) is 0. The Morgan fingerprint density at radius 1 is 0.968 bits per heavy atom. The Morgan fingerprint density at radius 2 is 1.55 bits per heavy atom. The van der Waals surface area contributed by atoms with Crippen LogP contribution in [0.25, 0.3) is 5.69 Å². The number of amides is 1. The molecule has 0 fully saturated rings. The second-order valence-electron chi connectivity index (χ2n) is 7.36. The van der Waals surface area contributed by atoms with Crippen LogP contribution in [0.4, 0.5) is 0 Å². The molecule has 0 aliphatic heterocycles. The first-order chi connectivity index (χ1) is 15.0. The Bertz CT molecular complexity index is 1020. The normalized spacial score (nSPS) is 11.7. The van der Waals surface area contributed by atoms with Gasteiger partial charge >= 0.3 is 5.97 Å². The first kappa shape index (κ1) is 22.3. The number of aromatic nitrogens is 2. The van der Waals surface area contributed by atoms with Gasteiger partial charge in [0.1, 0.15) is 0 Å². The Labute approximate surface area is 183 Å². The molecule has 1 heterocycles.